The number of aromatic nitrogens is 1. The fraction of sp³-hybridized carbons (Fsp3) is 0.0800. The zero-order valence-corrected chi connectivity index (χ0v) is 18.6. The molecular formula is C25H21N3O4S. The molecule has 2 N–H and O–H groups in total. The lowest BCUT2D eigenvalue weighted by molar-refractivity contribution is -0.118. The number of amides is 2. The molecular weight excluding hydrogens is 438 g/mol. The van der Waals surface area contributed by atoms with Crippen LogP contribution in [0.3, 0.4) is 0 Å². The lowest BCUT2D eigenvalue weighted by Gasteiger charge is -2.09. The number of carbonyl (C=O) groups excluding carboxylic acids is 2. The molecule has 0 saturated carbocycles. The first-order valence-corrected chi connectivity index (χ1v) is 11.0. The monoisotopic (exact) mass is 459 g/mol. The molecule has 0 radical (unpaired) electrons. The molecule has 0 atom stereocenters. The van der Waals surface area contributed by atoms with Crippen LogP contribution in [0.15, 0.2) is 84.4 Å². The standard InChI is InChI=1S/C25H21N3O4S/c1-31-22-4-2-3-20(15-22)27-23(29)16-32-21-11-7-17(8-12-21)24(30)28-19-9-5-18(6-10-19)25-26-13-14-33-25/h2-15H,16H2,1H3,(H,27,29)(H,28,30). The highest BCUT2D eigenvalue weighted by atomic mass is 32.1. The molecule has 33 heavy (non-hydrogen) atoms. The third kappa shape index (κ3) is 5.96. The predicted molar refractivity (Wildman–Crippen MR) is 129 cm³/mol. The Kier molecular flexibility index (Phi) is 6.96. The van der Waals surface area contributed by atoms with E-state index >= 15 is 0 Å². The second-order valence-electron chi connectivity index (χ2n) is 6.96. The molecule has 0 aliphatic heterocycles. The van der Waals surface area contributed by atoms with Gasteiger partial charge in [-0.05, 0) is 60.7 Å². The number of ether oxygens (including phenoxy) is 2. The van der Waals surface area contributed by atoms with Crippen molar-refractivity contribution in [2.45, 2.75) is 0 Å². The van der Waals surface area contributed by atoms with Gasteiger partial charge in [-0.15, -0.1) is 11.3 Å². The number of carbonyl (C=O) groups is 2. The summed E-state index contributed by atoms with van der Waals surface area (Å²) < 4.78 is 10.7. The van der Waals surface area contributed by atoms with E-state index in [1.54, 1.807) is 73.2 Å². The molecule has 0 unspecified atom stereocenters. The van der Waals surface area contributed by atoms with E-state index in [0.29, 0.717) is 28.4 Å². The van der Waals surface area contributed by atoms with Crippen LogP contribution in [0.1, 0.15) is 10.4 Å². The van der Waals surface area contributed by atoms with E-state index in [1.165, 1.54) is 0 Å². The van der Waals surface area contributed by atoms with E-state index in [0.717, 1.165) is 10.6 Å². The summed E-state index contributed by atoms with van der Waals surface area (Å²) in [5, 5.41) is 8.46. The molecule has 0 spiro atoms. The van der Waals surface area contributed by atoms with Crippen LogP contribution in [0.4, 0.5) is 11.4 Å². The molecule has 0 bridgehead atoms. The molecule has 2 amide bonds. The summed E-state index contributed by atoms with van der Waals surface area (Å²) in [6.07, 6.45) is 1.76. The van der Waals surface area contributed by atoms with Crippen LogP contribution in [-0.4, -0.2) is 30.5 Å². The molecule has 0 aliphatic carbocycles. The summed E-state index contributed by atoms with van der Waals surface area (Å²) in [6.45, 7) is -0.159. The molecule has 3 aromatic carbocycles. The minimum Gasteiger partial charge on any atom is -0.497 e. The molecule has 8 heteroatoms. The largest absolute Gasteiger partial charge is 0.497 e. The highest BCUT2D eigenvalue weighted by Gasteiger charge is 2.09. The molecule has 166 valence electrons. The van der Waals surface area contributed by atoms with Crippen molar-refractivity contribution in [2.75, 3.05) is 24.4 Å². The zero-order chi connectivity index (χ0) is 23.0. The molecule has 1 heterocycles. The molecule has 1 aromatic heterocycles. The summed E-state index contributed by atoms with van der Waals surface area (Å²) in [5.41, 5.74) is 2.79. The van der Waals surface area contributed by atoms with E-state index in [9.17, 15) is 9.59 Å². The maximum atomic E-state index is 12.5. The van der Waals surface area contributed by atoms with Gasteiger partial charge in [0.2, 0.25) is 0 Å². The van der Waals surface area contributed by atoms with Gasteiger partial charge in [-0.3, -0.25) is 9.59 Å². The number of anilines is 2. The summed E-state index contributed by atoms with van der Waals surface area (Å²) in [6, 6.07) is 21.2. The first-order chi connectivity index (χ1) is 16.1. The van der Waals surface area contributed by atoms with Crippen LogP contribution in [0.25, 0.3) is 10.6 Å². The summed E-state index contributed by atoms with van der Waals surface area (Å²) in [7, 11) is 1.56. The van der Waals surface area contributed by atoms with Gasteiger partial charge >= 0.3 is 0 Å². The van der Waals surface area contributed by atoms with Gasteiger partial charge in [-0.2, -0.15) is 0 Å². The van der Waals surface area contributed by atoms with Crippen molar-refractivity contribution in [3.05, 3.63) is 89.9 Å². The Bertz CT molecular complexity index is 1220. The molecule has 4 rings (SSSR count). The van der Waals surface area contributed by atoms with E-state index < -0.39 is 0 Å². The van der Waals surface area contributed by atoms with Gasteiger partial charge in [0, 0.05) is 40.1 Å². The van der Waals surface area contributed by atoms with Crippen LogP contribution >= 0.6 is 11.3 Å². The lowest BCUT2D eigenvalue weighted by Crippen LogP contribution is -2.20. The second-order valence-corrected chi connectivity index (χ2v) is 7.86. The minimum absolute atomic E-state index is 0.159. The number of benzene rings is 3. The normalized spacial score (nSPS) is 10.3. The highest BCUT2D eigenvalue weighted by molar-refractivity contribution is 7.13. The predicted octanol–water partition coefficient (Wildman–Crippen LogP) is 5.09. The Hall–Kier alpha value is -4.17. The molecule has 0 fully saturated rings. The van der Waals surface area contributed by atoms with Crippen LogP contribution in [0.5, 0.6) is 11.5 Å². The van der Waals surface area contributed by atoms with Crippen molar-refractivity contribution in [1.29, 1.82) is 0 Å². The number of thiazole rings is 1. The molecule has 4 aromatic rings. The average molecular weight is 460 g/mol. The Balaban J connectivity index is 1.28. The average Bonchev–Trinajstić information content (AvgIpc) is 3.39. The van der Waals surface area contributed by atoms with E-state index in [-0.39, 0.29) is 18.4 Å². The Morgan fingerprint density at radius 2 is 1.70 bits per heavy atom. The van der Waals surface area contributed by atoms with E-state index in [2.05, 4.69) is 15.6 Å². The number of nitrogens with one attached hydrogen (secondary N) is 2. The summed E-state index contributed by atoms with van der Waals surface area (Å²) in [4.78, 5) is 28.9. The van der Waals surface area contributed by atoms with E-state index in [1.807, 2.05) is 29.6 Å². The number of hydrogen-bond acceptors (Lipinski definition) is 6. The third-order valence-electron chi connectivity index (χ3n) is 4.66. The summed E-state index contributed by atoms with van der Waals surface area (Å²) in [5.74, 6) is 0.601. The first kappa shape index (κ1) is 22.0. The van der Waals surface area contributed by atoms with Crippen LogP contribution in [0, 0.1) is 0 Å². The second kappa shape index (κ2) is 10.4. The number of rotatable bonds is 8. The van der Waals surface area contributed by atoms with Crippen LogP contribution in [-0.2, 0) is 4.79 Å². The highest BCUT2D eigenvalue weighted by Crippen LogP contribution is 2.23. The minimum atomic E-state index is -0.300. The number of methoxy groups -OCH3 is 1. The molecule has 7 nitrogen and oxygen atoms in total. The van der Waals surface area contributed by atoms with Gasteiger partial charge in [0.1, 0.15) is 16.5 Å². The maximum Gasteiger partial charge on any atom is 0.262 e. The Morgan fingerprint density at radius 1 is 0.909 bits per heavy atom. The SMILES string of the molecule is COc1cccc(NC(=O)COc2ccc(C(=O)Nc3ccc(-c4nccs4)cc3)cc2)c1. The first-order valence-electron chi connectivity index (χ1n) is 10.1. The molecule has 0 aliphatic rings. The quantitative estimate of drug-likeness (QED) is 0.383. The van der Waals surface area contributed by atoms with Gasteiger partial charge in [0.05, 0.1) is 7.11 Å². The van der Waals surface area contributed by atoms with Crippen molar-refractivity contribution >= 4 is 34.5 Å². The van der Waals surface area contributed by atoms with Crippen molar-refractivity contribution in [2.24, 2.45) is 0 Å². The van der Waals surface area contributed by atoms with Gasteiger partial charge in [0.25, 0.3) is 11.8 Å². The van der Waals surface area contributed by atoms with Gasteiger partial charge in [-0.1, -0.05) is 6.07 Å². The number of nitrogens with zero attached hydrogens (tertiary/aromatic N) is 1. The fourth-order valence-corrected chi connectivity index (χ4v) is 3.66. The lowest BCUT2D eigenvalue weighted by atomic mass is 10.2. The van der Waals surface area contributed by atoms with Gasteiger partial charge in [0.15, 0.2) is 6.61 Å². The van der Waals surface area contributed by atoms with Crippen molar-refractivity contribution < 1.29 is 19.1 Å². The van der Waals surface area contributed by atoms with Crippen molar-refractivity contribution in [3.63, 3.8) is 0 Å². The molecule has 0 saturated heterocycles. The smallest absolute Gasteiger partial charge is 0.262 e. The topological polar surface area (TPSA) is 89.5 Å². The summed E-state index contributed by atoms with van der Waals surface area (Å²) >= 11 is 1.56. The van der Waals surface area contributed by atoms with Gasteiger partial charge in [-0.25, -0.2) is 4.98 Å². The third-order valence-corrected chi connectivity index (χ3v) is 5.48. The Labute approximate surface area is 195 Å². The Morgan fingerprint density at radius 3 is 2.39 bits per heavy atom. The van der Waals surface area contributed by atoms with Crippen LogP contribution < -0.4 is 20.1 Å². The fourth-order valence-electron chi connectivity index (χ4n) is 3.01. The van der Waals surface area contributed by atoms with E-state index in [4.69, 9.17) is 9.47 Å². The van der Waals surface area contributed by atoms with Crippen molar-refractivity contribution in [3.8, 4) is 22.1 Å². The van der Waals surface area contributed by atoms with Crippen LogP contribution in [0.2, 0.25) is 0 Å². The maximum absolute atomic E-state index is 12.5. The zero-order valence-electron chi connectivity index (χ0n) is 17.8. The van der Waals surface area contributed by atoms with Crippen molar-refractivity contribution in [1.82, 2.24) is 4.98 Å². The number of hydrogen-bond donors (Lipinski definition) is 2. The van der Waals surface area contributed by atoms with Gasteiger partial charge < -0.3 is 20.1 Å².